The maximum Gasteiger partial charge on any atom is 0.137 e. The van der Waals surface area contributed by atoms with Crippen molar-refractivity contribution in [3.05, 3.63) is 29.3 Å². The van der Waals surface area contributed by atoms with Crippen LogP contribution in [0.5, 0.6) is 5.75 Å². The van der Waals surface area contributed by atoms with Crippen LogP contribution in [0, 0.1) is 11.8 Å². The van der Waals surface area contributed by atoms with Crippen LogP contribution in [0.1, 0.15) is 0 Å². The minimum Gasteiger partial charge on any atom is -0.491 e. The van der Waals surface area contributed by atoms with Crippen molar-refractivity contribution in [3.63, 3.8) is 0 Å². The number of rotatable bonds is 4. The van der Waals surface area contributed by atoms with Crippen LogP contribution in [0.4, 0.5) is 0 Å². The third kappa shape index (κ3) is 3.54. The third-order valence-electron chi connectivity index (χ3n) is 3.97. The molecular formula is C14H20Cl2N2O. The predicted octanol–water partition coefficient (Wildman–Crippen LogP) is 2.29. The first-order chi connectivity index (χ1) is 8.83. The summed E-state index contributed by atoms with van der Waals surface area (Å²) in [4.78, 5) is 2.51. The Kier molecular flexibility index (Phi) is 5.34. The lowest BCUT2D eigenvalue weighted by Crippen LogP contribution is -2.29. The molecule has 0 aliphatic carbocycles. The number of para-hydroxylation sites is 1. The van der Waals surface area contributed by atoms with Gasteiger partial charge >= 0.3 is 0 Å². The molecule has 0 unspecified atom stereocenters. The molecule has 0 saturated carbocycles. The number of hydrogen-bond donors (Lipinski definition) is 1. The Balaban J connectivity index is 0.00000133. The summed E-state index contributed by atoms with van der Waals surface area (Å²) in [5.74, 6) is 2.50. The molecule has 106 valence electrons. The highest BCUT2D eigenvalue weighted by Crippen LogP contribution is 2.26. The van der Waals surface area contributed by atoms with Gasteiger partial charge < -0.3 is 10.1 Å². The molecule has 19 heavy (non-hydrogen) atoms. The fraction of sp³-hybridized carbons (Fsp3) is 0.571. The molecule has 0 aromatic heterocycles. The molecule has 0 amide bonds. The first kappa shape index (κ1) is 14.9. The van der Waals surface area contributed by atoms with Gasteiger partial charge in [0.1, 0.15) is 12.4 Å². The maximum absolute atomic E-state index is 6.05. The summed E-state index contributed by atoms with van der Waals surface area (Å²) in [6, 6.07) is 7.66. The summed E-state index contributed by atoms with van der Waals surface area (Å²) >= 11 is 6.05. The Morgan fingerprint density at radius 1 is 1.21 bits per heavy atom. The van der Waals surface area contributed by atoms with Gasteiger partial charge in [0.05, 0.1) is 5.02 Å². The molecule has 1 aromatic rings. The van der Waals surface area contributed by atoms with Gasteiger partial charge in [-0.05, 0) is 37.1 Å². The molecule has 1 N–H and O–H groups in total. The molecule has 2 atom stereocenters. The van der Waals surface area contributed by atoms with E-state index in [1.54, 1.807) is 0 Å². The molecule has 1 aromatic carbocycles. The second-order valence-electron chi connectivity index (χ2n) is 5.22. The highest BCUT2D eigenvalue weighted by Gasteiger charge is 2.35. The average Bonchev–Trinajstić information content (AvgIpc) is 2.92. The number of hydrogen-bond acceptors (Lipinski definition) is 3. The van der Waals surface area contributed by atoms with Crippen molar-refractivity contribution in [3.8, 4) is 5.75 Å². The van der Waals surface area contributed by atoms with E-state index in [9.17, 15) is 0 Å². The number of ether oxygens (including phenoxy) is 1. The molecule has 2 saturated heterocycles. The quantitative estimate of drug-likeness (QED) is 0.923. The Morgan fingerprint density at radius 3 is 2.58 bits per heavy atom. The van der Waals surface area contributed by atoms with E-state index in [2.05, 4.69) is 10.2 Å². The van der Waals surface area contributed by atoms with Crippen molar-refractivity contribution >= 4 is 24.0 Å². The van der Waals surface area contributed by atoms with Crippen molar-refractivity contribution < 1.29 is 4.74 Å². The van der Waals surface area contributed by atoms with Gasteiger partial charge in [0.2, 0.25) is 0 Å². The van der Waals surface area contributed by atoms with Crippen molar-refractivity contribution in [2.24, 2.45) is 11.8 Å². The van der Waals surface area contributed by atoms with Gasteiger partial charge in [-0.2, -0.15) is 0 Å². The molecule has 3 rings (SSSR count). The Labute approximate surface area is 125 Å². The van der Waals surface area contributed by atoms with Crippen LogP contribution < -0.4 is 10.1 Å². The normalized spacial score (nSPS) is 25.9. The van der Waals surface area contributed by atoms with Crippen LogP contribution in [0.3, 0.4) is 0 Å². The standard InChI is InChI=1S/C14H19ClN2O.ClH/c15-13-3-1-2-4-14(13)18-6-5-17-9-11-7-16-8-12(11)10-17;/h1-4,11-12,16H,5-10H2;1H/t11-,12+;. The van der Waals surface area contributed by atoms with Gasteiger partial charge in [-0.1, -0.05) is 23.7 Å². The Hall–Kier alpha value is -0.480. The molecule has 2 aliphatic rings. The number of halogens is 2. The first-order valence-corrected chi connectivity index (χ1v) is 7.01. The van der Waals surface area contributed by atoms with Gasteiger partial charge in [-0.15, -0.1) is 12.4 Å². The molecule has 2 aliphatic heterocycles. The lowest BCUT2D eigenvalue weighted by molar-refractivity contribution is 0.228. The monoisotopic (exact) mass is 302 g/mol. The number of likely N-dealkylation sites (tertiary alicyclic amines) is 1. The van der Waals surface area contributed by atoms with Gasteiger partial charge in [0, 0.05) is 19.6 Å². The average molecular weight is 303 g/mol. The Morgan fingerprint density at radius 2 is 1.89 bits per heavy atom. The van der Waals surface area contributed by atoms with E-state index in [1.165, 1.54) is 26.2 Å². The van der Waals surface area contributed by atoms with E-state index in [1.807, 2.05) is 24.3 Å². The third-order valence-corrected chi connectivity index (χ3v) is 4.28. The Bertz CT molecular complexity index is 404. The lowest BCUT2D eigenvalue weighted by atomic mass is 10.0. The number of nitrogens with zero attached hydrogens (tertiary/aromatic N) is 1. The minimum absolute atomic E-state index is 0. The van der Waals surface area contributed by atoms with E-state index in [4.69, 9.17) is 16.3 Å². The molecule has 3 nitrogen and oxygen atoms in total. The zero-order chi connectivity index (χ0) is 12.4. The van der Waals surface area contributed by atoms with Gasteiger partial charge in [0.15, 0.2) is 0 Å². The summed E-state index contributed by atoms with van der Waals surface area (Å²) in [5, 5.41) is 4.15. The number of benzene rings is 1. The summed E-state index contributed by atoms with van der Waals surface area (Å²) in [6.45, 7) is 6.51. The fourth-order valence-electron chi connectivity index (χ4n) is 2.98. The van der Waals surface area contributed by atoms with Crippen LogP contribution in [-0.4, -0.2) is 44.2 Å². The van der Waals surface area contributed by atoms with Crippen molar-refractivity contribution in [1.29, 1.82) is 0 Å². The van der Waals surface area contributed by atoms with Crippen molar-refractivity contribution in [1.82, 2.24) is 10.2 Å². The zero-order valence-corrected chi connectivity index (χ0v) is 12.4. The molecule has 0 spiro atoms. The summed E-state index contributed by atoms with van der Waals surface area (Å²) in [7, 11) is 0. The highest BCUT2D eigenvalue weighted by atomic mass is 35.5. The SMILES string of the molecule is Cl.Clc1ccccc1OCCN1C[C@H]2CNC[C@H]2C1. The first-order valence-electron chi connectivity index (χ1n) is 6.63. The molecule has 0 bridgehead atoms. The van der Waals surface area contributed by atoms with E-state index in [0.717, 1.165) is 30.7 Å². The molecule has 0 radical (unpaired) electrons. The number of fused-ring (bicyclic) bond motifs is 1. The smallest absolute Gasteiger partial charge is 0.137 e. The van der Waals surface area contributed by atoms with E-state index >= 15 is 0 Å². The molecular weight excluding hydrogens is 283 g/mol. The topological polar surface area (TPSA) is 24.5 Å². The fourth-order valence-corrected chi connectivity index (χ4v) is 3.17. The maximum atomic E-state index is 6.05. The van der Waals surface area contributed by atoms with Crippen LogP contribution in [0.2, 0.25) is 5.02 Å². The molecule has 2 heterocycles. The summed E-state index contributed by atoms with van der Waals surface area (Å²) < 4.78 is 5.73. The van der Waals surface area contributed by atoms with E-state index in [0.29, 0.717) is 5.02 Å². The van der Waals surface area contributed by atoms with Crippen LogP contribution >= 0.6 is 24.0 Å². The van der Waals surface area contributed by atoms with Crippen molar-refractivity contribution in [2.75, 3.05) is 39.3 Å². The van der Waals surface area contributed by atoms with Crippen LogP contribution in [0.25, 0.3) is 0 Å². The summed E-state index contributed by atoms with van der Waals surface area (Å²) in [5.41, 5.74) is 0. The minimum atomic E-state index is 0. The largest absolute Gasteiger partial charge is 0.491 e. The molecule has 5 heteroatoms. The summed E-state index contributed by atoms with van der Waals surface area (Å²) in [6.07, 6.45) is 0. The van der Waals surface area contributed by atoms with Crippen LogP contribution in [-0.2, 0) is 0 Å². The van der Waals surface area contributed by atoms with Crippen molar-refractivity contribution in [2.45, 2.75) is 0 Å². The molecule has 2 fully saturated rings. The second-order valence-corrected chi connectivity index (χ2v) is 5.62. The van der Waals surface area contributed by atoms with Gasteiger partial charge in [-0.25, -0.2) is 0 Å². The van der Waals surface area contributed by atoms with E-state index in [-0.39, 0.29) is 12.4 Å². The number of nitrogens with one attached hydrogen (secondary N) is 1. The van der Waals surface area contributed by atoms with E-state index < -0.39 is 0 Å². The lowest BCUT2D eigenvalue weighted by Gasteiger charge is -2.17. The predicted molar refractivity (Wildman–Crippen MR) is 80.5 cm³/mol. The highest BCUT2D eigenvalue weighted by molar-refractivity contribution is 6.32. The van der Waals surface area contributed by atoms with Crippen LogP contribution in [0.15, 0.2) is 24.3 Å². The van der Waals surface area contributed by atoms with Gasteiger partial charge in [0.25, 0.3) is 0 Å². The van der Waals surface area contributed by atoms with Gasteiger partial charge in [-0.3, -0.25) is 4.90 Å². The zero-order valence-electron chi connectivity index (χ0n) is 10.8. The second kappa shape index (κ2) is 6.80.